The molecule has 19 heavy (non-hydrogen) atoms. The van der Waals surface area contributed by atoms with E-state index in [0.717, 1.165) is 0 Å². The van der Waals surface area contributed by atoms with Gasteiger partial charge in [-0.3, -0.25) is 10.1 Å². The first-order valence-electron chi connectivity index (χ1n) is 5.95. The van der Waals surface area contributed by atoms with Crippen LogP contribution in [-0.2, 0) is 16.9 Å². The summed E-state index contributed by atoms with van der Waals surface area (Å²) in [7, 11) is -1.46. The number of nitrogens with one attached hydrogen (secondary N) is 1. The van der Waals surface area contributed by atoms with Crippen molar-refractivity contribution in [2.45, 2.75) is 25.8 Å². The molecule has 0 spiro atoms. The summed E-state index contributed by atoms with van der Waals surface area (Å²) >= 11 is 0. The molecule has 0 aliphatic carbocycles. The summed E-state index contributed by atoms with van der Waals surface area (Å²) in [4.78, 5) is 10.5. The van der Waals surface area contributed by atoms with Crippen LogP contribution in [0.3, 0.4) is 0 Å². The van der Waals surface area contributed by atoms with E-state index < -0.39 is 14.8 Å². The maximum absolute atomic E-state index is 11.6. The van der Waals surface area contributed by atoms with Gasteiger partial charge in [-0.1, -0.05) is 0 Å². The maximum Gasteiger partial charge on any atom is 0.333 e. The Balaban J connectivity index is 2.26. The molecule has 0 radical (unpaired) electrons. The van der Waals surface area contributed by atoms with Gasteiger partial charge in [-0.2, -0.15) is 5.10 Å². The average molecular weight is 288 g/mol. The van der Waals surface area contributed by atoms with Crippen molar-refractivity contribution in [1.82, 2.24) is 9.78 Å². The molecule has 1 aromatic rings. The number of hydrogen-bond acceptors (Lipinski definition) is 6. The predicted octanol–water partition coefficient (Wildman–Crippen LogP) is 0.626. The van der Waals surface area contributed by atoms with Crippen LogP contribution >= 0.6 is 0 Å². The minimum absolute atomic E-state index is 0.00832. The Morgan fingerprint density at radius 3 is 2.79 bits per heavy atom. The number of aryl methyl sites for hydroxylation is 2. The van der Waals surface area contributed by atoms with E-state index in [9.17, 15) is 18.5 Å². The van der Waals surface area contributed by atoms with Crippen molar-refractivity contribution in [2.75, 3.05) is 16.8 Å². The molecule has 9 heteroatoms. The molecular formula is C10H16N4O4S. The Bertz CT molecular complexity index is 607. The smallest absolute Gasteiger partial charge is 0.333 e. The summed E-state index contributed by atoms with van der Waals surface area (Å²) in [6.07, 6.45) is 1.26. The second kappa shape index (κ2) is 4.80. The van der Waals surface area contributed by atoms with Crippen LogP contribution in [0.15, 0.2) is 0 Å². The van der Waals surface area contributed by atoms with Crippen molar-refractivity contribution in [2.24, 2.45) is 7.05 Å². The van der Waals surface area contributed by atoms with Crippen LogP contribution in [0.5, 0.6) is 0 Å². The lowest BCUT2D eigenvalue weighted by atomic mass is 10.2. The fraction of sp³-hybridized carbons (Fsp3) is 0.700. The molecule has 0 aromatic carbocycles. The molecule has 106 valence electrons. The van der Waals surface area contributed by atoms with Crippen LogP contribution in [0.1, 0.15) is 18.5 Å². The van der Waals surface area contributed by atoms with Crippen molar-refractivity contribution in [1.29, 1.82) is 0 Å². The van der Waals surface area contributed by atoms with Crippen LogP contribution in [0.25, 0.3) is 0 Å². The normalized spacial score (nSPS) is 22.1. The van der Waals surface area contributed by atoms with Gasteiger partial charge >= 0.3 is 5.69 Å². The molecule has 0 amide bonds. The van der Waals surface area contributed by atoms with Gasteiger partial charge in [0.05, 0.1) is 16.4 Å². The van der Waals surface area contributed by atoms with Crippen molar-refractivity contribution in [3.8, 4) is 0 Å². The van der Waals surface area contributed by atoms with E-state index >= 15 is 0 Å². The largest absolute Gasteiger partial charge is 0.361 e. The van der Waals surface area contributed by atoms with Crippen molar-refractivity contribution < 1.29 is 13.3 Å². The molecule has 0 saturated carbocycles. The first-order chi connectivity index (χ1) is 8.80. The molecule has 8 nitrogen and oxygen atoms in total. The van der Waals surface area contributed by atoms with E-state index in [-0.39, 0.29) is 29.1 Å². The molecule has 2 rings (SSSR count). The number of rotatable bonds is 3. The third-order valence-electron chi connectivity index (χ3n) is 3.18. The molecule has 1 atom stereocenters. The number of nitro groups is 1. The lowest BCUT2D eigenvalue weighted by Gasteiger charge is -2.23. The molecule has 2 heterocycles. The summed E-state index contributed by atoms with van der Waals surface area (Å²) < 4.78 is 24.5. The van der Waals surface area contributed by atoms with Gasteiger partial charge in [0.1, 0.15) is 5.69 Å². The van der Waals surface area contributed by atoms with Crippen molar-refractivity contribution in [3.05, 3.63) is 15.8 Å². The van der Waals surface area contributed by atoms with Gasteiger partial charge in [-0.05, 0) is 19.8 Å². The molecule has 1 aromatic heterocycles. The second-order valence-corrected chi connectivity index (χ2v) is 6.99. The Morgan fingerprint density at radius 1 is 1.53 bits per heavy atom. The third-order valence-corrected chi connectivity index (χ3v) is 5.00. The van der Waals surface area contributed by atoms with E-state index in [0.29, 0.717) is 18.5 Å². The fourth-order valence-corrected chi connectivity index (χ4v) is 3.99. The van der Waals surface area contributed by atoms with Gasteiger partial charge in [0.2, 0.25) is 5.82 Å². The van der Waals surface area contributed by atoms with Crippen LogP contribution in [0.2, 0.25) is 0 Å². The van der Waals surface area contributed by atoms with Gasteiger partial charge in [0.15, 0.2) is 9.84 Å². The summed E-state index contributed by atoms with van der Waals surface area (Å²) in [5.41, 5.74) is 0.221. The highest BCUT2D eigenvalue weighted by Crippen LogP contribution is 2.29. The van der Waals surface area contributed by atoms with Crippen molar-refractivity contribution >= 4 is 21.3 Å². The predicted molar refractivity (Wildman–Crippen MR) is 69.9 cm³/mol. The van der Waals surface area contributed by atoms with E-state index in [1.54, 1.807) is 14.0 Å². The standard InChI is InChI=1S/C10H16N4O4S/c1-7-9(14(15)16)10(13(2)12-7)11-8-4-3-5-19(17,18)6-8/h8,11H,3-6H2,1-2H3. The second-order valence-electron chi connectivity index (χ2n) is 4.76. The highest BCUT2D eigenvalue weighted by Gasteiger charge is 2.30. The van der Waals surface area contributed by atoms with Gasteiger partial charge in [-0.25, -0.2) is 13.1 Å². The number of hydrogen-bond donors (Lipinski definition) is 1. The van der Waals surface area contributed by atoms with Crippen LogP contribution in [0, 0.1) is 17.0 Å². The number of sulfone groups is 1. The molecule has 1 N–H and O–H groups in total. The molecular weight excluding hydrogens is 272 g/mol. The molecule has 1 fully saturated rings. The maximum atomic E-state index is 11.6. The van der Waals surface area contributed by atoms with Crippen LogP contribution in [-0.4, -0.2) is 40.7 Å². The van der Waals surface area contributed by atoms with E-state index in [2.05, 4.69) is 10.4 Å². The molecule has 0 bridgehead atoms. The number of aromatic nitrogens is 2. The quantitative estimate of drug-likeness (QED) is 0.645. The summed E-state index contributed by atoms with van der Waals surface area (Å²) in [6.45, 7) is 1.56. The first kappa shape index (κ1) is 13.8. The van der Waals surface area contributed by atoms with E-state index in [1.807, 2.05) is 0 Å². The fourth-order valence-electron chi connectivity index (χ4n) is 2.36. The Kier molecular flexibility index (Phi) is 3.48. The molecule has 1 aliphatic heterocycles. The summed E-state index contributed by atoms with van der Waals surface area (Å²) in [5.74, 6) is 0.469. The molecule has 1 aliphatic rings. The van der Waals surface area contributed by atoms with Crippen LogP contribution < -0.4 is 5.32 Å². The zero-order chi connectivity index (χ0) is 14.2. The summed E-state index contributed by atoms with van der Waals surface area (Å²) in [6, 6.07) is -0.299. The molecule has 1 unspecified atom stereocenters. The summed E-state index contributed by atoms with van der Waals surface area (Å²) in [5, 5.41) is 18.0. The molecule has 1 saturated heterocycles. The van der Waals surface area contributed by atoms with Gasteiger partial charge in [-0.15, -0.1) is 0 Å². The van der Waals surface area contributed by atoms with E-state index in [4.69, 9.17) is 0 Å². The topological polar surface area (TPSA) is 107 Å². The highest BCUT2D eigenvalue weighted by atomic mass is 32.2. The van der Waals surface area contributed by atoms with Gasteiger partial charge < -0.3 is 5.32 Å². The lowest BCUT2D eigenvalue weighted by molar-refractivity contribution is -0.384. The number of nitrogens with zero attached hydrogens (tertiary/aromatic N) is 3. The monoisotopic (exact) mass is 288 g/mol. The minimum atomic E-state index is -3.05. The van der Waals surface area contributed by atoms with Crippen LogP contribution in [0.4, 0.5) is 11.5 Å². The zero-order valence-electron chi connectivity index (χ0n) is 10.8. The van der Waals surface area contributed by atoms with Gasteiger partial charge in [0.25, 0.3) is 0 Å². The minimum Gasteiger partial charge on any atom is -0.361 e. The average Bonchev–Trinajstić information content (AvgIpc) is 2.52. The Morgan fingerprint density at radius 2 is 2.21 bits per heavy atom. The van der Waals surface area contributed by atoms with Crippen molar-refractivity contribution in [3.63, 3.8) is 0 Å². The Labute approximate surface area is 110 Å². The lowest BCUT2D eigenvalue weighted by Crippen LogP contribution is -2.35. The highest BCUT2D eigenvalue weighted by molar-refractivity contribution is 7.91. The number of anilines is 1. The van der Waals surface area contributed by atoms with Gasteiger partial charge in [0, 0.05) is 13.1 Å². The Hall–Kier alpha value is -1.64. The first-order valence-corrected chi connectivity index (χ1v) is 7.77. The third kappa shape index (κ3) is 2.86. The zero-order valence-corrected chi connectivity index (χ0v) is 11.6. The SMILES string of the molecule is Cc1nn(C)c(NC2CCCS(=O)(=O)C2)c1[N+](=O)[O-]. The van der Waals surface area contributed by atoms with E-state index in [1.165, 1.54) is 4.68 Å².